The number of likely N-dealkylation sites (tertiary alicyclic amines) is 1. The van der Waals surface area contributed by atoms with Crippen LogP contribution in [0, 0.1) is 5.41 Å². The van der Waals surface area contributed by atoms with E-state index in [0.717, 1.165) is 11.1 Å². The highest BCUT2D eigenvalue weighted by Crippen LogP contribution is 2.34. The maximum absolute atomic E-state index is 12.7. The Morgan fingerprint density at radius 3 is 2.59 bits per heavy atom. The van der Waals surface area contributed by atoms with Crippen LogP contribution in [0.2, 0.25) is 5.02 Å². The molecule has 9 heteroatoms. The van der Waals surface area contributed by atoms with Gasteiger partial charge in [-0.1, -0.05) is 35.0 Å². The third kappa shape index (κ3) is 5.34. The second-order valence-electron chi connectivity index (χ2n) is 9.35. The highest BCUT2D eigenvalue weighted by molar-refractivity contribution is 6.43. The molecule has 0 bridgehead atoms. The van der Waals surface area contributed by atoms with Gasteiger partial charge in [-0.25, -0.2) is 0 Å². The van der Waals surface area contributed by atoms with Gasteiger partial charge in [-0.2, -0.15) is 0 Å². The second kappa shape index (κ2) is 9.64. The molecule has 2 aliphatic heterocycles. The molecule has 0 aliphatic carbocycles. The summed E-state index contributed by atoms with van der Waals surface area (Å²) in [7, 11) is 0. The summed E-state index contributed by atoms with van der Waals surface area (Å²) >= 11 is 6.32. The minimum atomic E-state index is -0.761. The number of carbonyl (C=O) groups is 2. The molecule has 1 saturated heterocycles. The molecule has 2 aliphatic rings. The lowest BCUT2D eigenvalue weighted by atomic mass is 9.82. The van der Waals surface area contributed by atoms with Gasteiger partial charge in [-0.05, 0) is 56.2 Å². The first kappa shape index (κ1) is 24.0. The molecule has 2 heterocycles. The van der Waals surface area contributed by atoms with E-state index in [1.165, 1.54) is 0 Å². The number of carboxylic acid groups (broad SMARTS) is 1. The van der Waals surface area contributed by atoms with Crippen molar-refractivity contribution in [1.29, 1.82) is 0 Å². The van der Waals surface area contributed by atoms with Crippen LogP contribution >= 0.6 is 11.6 Å². The fourth-order valence-electron chi connectivity index (χ4n) is 4.10. The van der Waals surface area contributed by atoms with Crippen molar-refractivity contribution in [3.8, 4) is 5.75 Å². The number of carbonyl (C=O) groups excluding carboxylic acids is 1. The topological polar surface area (TPSA) is 100 Å². The second-order valence-corrected chi connectivity index (χ2v) is 9.76. The van der Waals surface area contributed by atoms with Crippen LogP contribution in [0.1, 0.15) is 44.4 Å². The van der Waals surface area contributed by atoms with E-state index >= 15 is 0 Å². The van der Waals surface area contributed by atoms with Gasteiger partial charge in [0.25, 0.3) is 5.91 Å². The average molecular weight is 486 g/mol. The molecule has 2 aromatic carbocycles. The van der Waals surface area contributed by atoms with Crippen LogP contribution in [0.25, 0.3) is 0 Å². The lowest BCUT2D eigenvalue weighted by Gasteiger charge is -2.45. The van der Waals surface area contributed by atoms with Crippen LogP contribution in [0.5, 0.6) is 5.75 Å². The van der Waals surface area contributed by atoms with Crippen molar-refractivity contribution in [3.63, 3.8) is 0 Å². The fraction of sp³-hybridized carbons (Fsp3) is 0.400. The molecule has 180 valence electrons. The van der Waals surface area contributed by atoms with Crippen LogP contribution in [0.4, 0.5) is 5.69 Å². The highest BCUT2D eigenvalue weighted by Gasteiger charge is 2.44. The number of nitrogens with zero attached hydrogens (tertiary/aromatic N) is 2. The Kier molecular flexibility index (Phi) is 6.81. The number of benzene rings is 2. The summed E-state index contributed by atoms with van der Waals surface area (Å²) in [6, 6.07) is 12.9. The van der Waals surface area contributed by atoms with E-state index in [1.54, 1.807) is 19.1 Å². The lowest BCUT2D eigenvalue weighted by Crippen LogP contribution is -2.58. The SMILES string of the molecule is CC(C)Oc1ccc(C2CC(C(=O)Nc3ccc(CN4CC(C)(C(=O)O)C4)cc3)=NO2)cc1Cl. The molecular formula is C25H28ClN3O5. The van der Waals surface area contributed by atoms with Gasteiger partial charge in [0.1, 0.15) is 11.5 Å². The van der Waals surface area contributed by atoms with Gasteiger partial charge >= 0.3 is 5.97 Å². The van der Waals surface area contributed by atoms with E-state index in [2.05, 4.69) is 15.4 Å². The zero-order chi connectivity index (χ0) is 24.5. The van der Waals surface area contributed by atoms with Crippen LogP contribution in [-0.4, -0.2) is 46.8 Å². The van der Waals surface area contributed by atoms with Crippen molar-refractivity contribution in [2.45, 2.75) is 45.9 Å². The number of halogens is 1. The number of carboxylic acids is 1. The molecule has 0 radical (unpaired) electrons. The molecule has 2 aromatic rings. The predicted octanol–water partition coefficient (Wildman–Crippen LogP) is 4.49. The maximum atomic E-state index is 12.7. The number of aliphatic carboxylic acids is 1. The van der Waals surface area contributed by atoms with E-state index in [0.29, 0.717) is 48.2 Å². The standard InChI is InChI=1S/C25H28ClN3O5/c1-15(2)33-21-9-6-17(10-19(21)26)22-11-20(28-34-22)23(30)27-18-7-4-16(5-8-18)12-29-13-25(3,14-29)24(31)32/h4-10,15,22H,11-14H2,1-3H3,(H,27,30)(H,31,32). The average Bonchev–Trinajstić information content (AvgIpc) is 3.25. The summed E-state index contributed by atoms with van der Waals surface area (Å²) < 4.78 is 5.65. The van der Waals surface area contributed by atoms with E-state index in [-0.39, 0.29) is 18.1 Å². The minimum Gasteiger partial charge on any atom is -0.489 e. The van der Waals surface area contributed by atoms with Gasteiger partial charge in [0.05, 0.1) is 16.5 Å². The van der Waals surface area contributed by atoms with Gasteiger partial charge in [-0.15, -0.1) is 0 Å². The number of amides is 1. The largest absolute Gasteiger partial charge is 0.489 e. The molecule has 4 rings (SSSR count). The first-order valence-corrected chi connectivity index (χ1v) is 11.6. The predicted molar refractivity (Wildman–Crippen MR) is 129 cm³/mol. The minimum absolute atomic E-state index is 0.0160. The summed E-state index contributed by atoms with van der Waals surface area (Å²) in [4.78, 5) is 31.4. The Hall–Kier alpha value is -3.10. The van der Waals surface area contributed by atoms with Gasteiger partial charge in [0.2, 0.25) is 0 Å². The van der Waals surface area contributed by atoms with Gasteiger partial charge in [0.15, 0.2) is 6.10 Å². The van der Waals surface area contributed by atoms with Crippen molar-refractivity contribution in [2.24, 2.45) is 10.6 Å². The molecule has 0 aromatic heterocycles. The molecule has 1 unspecified atom stereocenters. The fourth-order valence-corrected chi connectivity index (χ4v) is 4.33. The lowest BCUT2D eigenvalue weighted by molar-refractivity contribution is -0.158. The van der Waals surface area contributed by atoms with E-state index in [1.807, 2.05) is 44.2 Å². The molecule has 0 saturated carbocycles. The molecular weight excluding hydrogens is 458 g/mol. The van der Waals surface area contributed by atoms with E-state index in [9.17, 15) is 14.7 Å². The van der Waals surface area contributed by atoms with Gasteiger partial charge < -0.3 is 20.0 Å². The highest BCUT2D eigenvalue weighted by atomic mass is 35.5. The number of nitrogens with one attached hydrogen (secondary N) is 1. The molecule has 0 spiro atoms. The quantitative estimate of drug-likeness (QED) is 0.571. The number of oxime groups is 1. The van der Waals surface area contributed by atoms with Crippen molar-refractivity contribution >= 4 is 34.9 Å². The number of ether oxygens (including phenoxy) is 1. The van der Waals surface area contributed by atoms with E-state index in [4.69, 9.17) is 21.2 Å². The zero-order valence-electron chi connectivity index (χ0n) is 19.4. The Balaban J connectivity index is 1.28. The number of anilines is 1. The first-order chi connectivity index (χ1) is 16.1. The summed E-state index contributed by atoms with van der Waals surface area (Å²) in [6.07, 6.45) is -0.0361. The van der Waals surface area contributed by atoms with Crippen LogP contribution in [-0.2, 0) is 21.0 Å². The van der Waals surface area contributed by atoms with Crippen LogP contribution in [0.15, 0.2) is 47.6 Å². The monoisotopic (exact) mass is 485 g/mol. The van der Waals surface area contributed by atoms with Crippen molar-refractivity contribution in [1.82, 2.24) is 4.90 Å². The summed E-state index contributed by atoms with van der Waals surface area (Å²) in [5, 5.41) is 16.5. The molecule has 34 heavy (non-hydrogen) atoms. The van der Waals surface area contributed by atoms with Crippen LogP contribution in [0.3, 0.4) is 0 Å². The zero-order valence-corrected chi connectivity index (χ0v) is 20.1. The number of hydrogen-bond donors (Lipinski definition) is 2. The summed E-state index contributed by atoms with van der Waals surface area (Å²) in [6.45, 7) is 7.35. The number of rotatable bonds is 8. The summed E-state index contributed by atoms with van der Waals surface area (Å²) in [5.74, 6) is -0.477. The molecule has 1 amide bonds. The molecule has 1 atom stereocenters. The van der Waals surface area contributed by atoms with Crippen LogP contribution < -0.4 is 10.1 Å². The Morgan fingerprint density at radius 2 is 1.97 bits per heavy atom. The van der Waals surface area contributed by atoms with Gasteiger partial charge in [-0.3, -0.25) is 14.5 Å². The first-order valence-electron chi connectivity index (χ1n) is 11.2. The molecule has 2 N–H and O–H groups in total. The Morgan fingerprint density at radius 1 is 1.26 bits per heavy atom. The molecule has 1 fully saturated rings. The van der Waals surface area contributed by atoms with Crippen molar-refractivity contribution in [2.75, 3.05) is 18.4 Å². The third-order valence-corrected chi connectivity index (χ3v) is 6.20. The summed E-state index contributed by atoms with van der Waals surface area (Å²) in [5.41, 5.74) is 2.17. The number of hydrogen-bond acceptors (Lipinski definition) is 6. The third-order valence-electron chi connectivity index (χ3n) is 5.90. The molecule has 8 nitrogen and oxygen atoms in total. The smallest absolute Gasteiger partial charge is 0.311 e. The normalized spacial score (nSPS) is 19.2. The van der Waals surface area contributed by atoms with E-state index < -0.39 is 11.4 Å². The van der Waals surface area contributed by atoms with Gasteiger partial charge in [0, 0.05) is 31.7 Å². The van der Waals surface area contributed by atoms with Crippen molar-refractivity contribution < 1.29 is 24.3 Å². The Labute approximate surface area is 203 Å². The van der Waals surface area contributed by atoms with Crippen molar-refractivity contribution in [3.05, 3.63) is 58.6 Å². The Bertz CT molecular complexity index is 1110. The maximum Gasteiger partial charge on any atom is 0.311 e.